The third-order valence-corrected chi connectivity index (χ3v) is 2.00. The van der Waals surface area contributed by atoms with Crippen molar-refractivity contribution in [2.75, 3.05) is 13.2 Å². The first-order chi connectivity index (χ1) is 5.75. The first kappa shape index (κ1) is 12.6. The van der Waals surface area contributed by atoms with Gasteiger partial charge in [-0.15, -0.1) is 12.4 Å². The van der Waals surface area contributed by atoms with Crippen LogP contribution in [0.25, 0.3) is 0 Å². The lowest BCUT2D eigenvalue weighted by Crippen LogP contribution is -2.11. The zero-order valence-corrected chi connectivity index (χ0v) is 8.99. The van der Waals surface area contributed by atoms with Gasteiger partial charge in [-0.05, 0) is 19.1 Å². The van der Waals surface area contributed by atoms with Crippen molar-refractivity contribution in [3.05, 3.63) is 28.8 Å². The summed E-state index contributed by atoms with van der Waals surface area (Å²) in [5.74, 6) is 0.813. The molecule has 0 spiro atoms. The average Bonchev–Trinajstić information content (AvgIpc) is 2.08. The van der Waals surface area contributed by atoms with E-state index in [1.165, 1.54) is 0 Å². The van der Waals surface area contributed by atoms with E-state index in [-0.39, 0.29) is 12.4 Å². The minimum absolute atomic E-state index is 0. The van der Waals surface area contributed by atoms with Crippen molar-refractivity contribution >= 4 is 24.0 Å². The molecule has 74 valence electrons. The molecule has 0 aliphatic carbocycles. The molecule has 0 heterocycles. The summed E-state index contributed by atoms with van der Waals surface area (Å²) in [6, 6.07) is 5.59. The summed E-state index contributed by atoms with van der Waals surface area (Å²) in [7, 11) is 0. The Bertz CT molecular complexity index is 266. The van der Waals surface area contributed by atoms with E-state index in [0.717, 1.165) is 16.3 Å². The van der Waals surface area contributed by atoms with E-state index < -0.39 is 0 Å². The van der Waals surface area contributed by atoms with Crippen LogP contribution in [-0.4, -0.2) is 13.2 Å². The van der Waals surface area contributed by atoms with Crippen LogP contribution in [0.3, 0.4) is 0 Å². The monoisotopic (exact) mass is 221 g/mol. The molecule has 0 radical (unpaired) electrons. The van der Waals surface area contributed by atoms with Gasteiger partial charge in [0.2, 0.25) is 0 Å². The largest absolute Gasteiger partial charge is 0.492 e. The Morgan fingerprint density at radius 3 is 2.77 bits per heavy atom. The molecular weight excluding hydrogens is 209 g/mol. The quantitative estimate of drug-likeness (QED) is 0.852. The molecule has 1 aromatic carbocycles. The van der Waals surface area contributed by atoms with Gasteiger partial charge in [-0.3, -0.25) is 0 Å². The Labute approximate surface area is 89.4 Å². The smallest absolute Gasteiger partial charge is 0.123 e. The second kappa shape index (κ2) is 6.08. The Morgan fingerprint density at radius 1 is 1.46 bits per heavy atom. The minimum Gasteiger partial charge on any atom is -0.492 e. The number of nitrogens with two attached hydrogens (primary N) is 1. The first-order valence-electron chi connectivity index (χ1n) is 3.83. The molecule has 0 saturated heterocycles. The molecule has 0 aliphatic heterocycles. The second-order valence-electron chi connectivity index (χ2n) is 2.50. The molecule has 13 heavy (non-hydrogen) atoms. The highest BCUT2D eigenvalue weighted by molar-refractivity contribution is 6.31. The Morgan fingerprint density at radius 2 is 2.15 bits per heavy atom. The van der Waals surface area contributed by atoms with Crippen LogP contribution >= 0.6 is 24.0 Å². The van der Waals surface area contributed by atoms with Crippen LogP contribution in [0.2, 0.25) is 5.02 Å². The van der Waals surface area contributed by atoms with E-state index in [1.54, 1.807) is 0 Å². The number of hydrogen-bond acceptors (Lipinski definition) is 2. The highest BCUT2D eigenvalue weighted by atomic mass is 35.5. The van der Waals surface area contributed by atoms with E-state index in [2.05, 4.69) is 0 Å². The third-order valence-electron chi connectivity index (χ3n) is 1.59. The summed E-state index contributed by atoms with van der Waals surface area (Å²) >= 11 is 5.88. The van der Waals surface area contributed by atoms with Crippen molar-refractivity contribution in [2.45, 2.75) is 6.92 Å². The molecule has 2 nitrogen and oxygen atoms in total. The van der Waals surface area contributed by atoms with Gasteiger partial charge in [0, 0.05) is 17.1 Å². The van der Waals surface area contributed by atoms with Gasteiger partial charge in [0.1, 0.15) is 12.4 Å². The van der Waals surface area contributed by atoms with Gasteiger partial charge >= 0.3 is 0 Å². The predicted octanol–water partition coefficient (Wildman–Crippen LogP) is 2.41. The molecule has 0 atom stereocenters. The van der Waals surface area contributed by atoms with Crippen LogP contribution in [0.15, 0.2) is 18.2 Å². The van der Waals surface area contributed by atoms with E-state index in [9.17, 15) is 0 Å². The zero-order valence-electron chi connectivity index (χ0n) is 7.42. The highest BCUT2D eigenvalue weighted by Gasteiger charge is 2.01. The first-order valence-corrected chi connectivity index (χ1v) is 4.21. The third kappa shape index (κ3) is 3.43. The number of ether oxygens (including phenoxy) is 1. The molecule has 0 aliphatic rings. The molecule has 0 amide bonds. The van der Waals surface area contributed by atoms with Gasteiger partial charge in [-0.25, -0.2) is 0 Å². The SMILES string of the molecule is Cc1c(Cl)cccc1OCCN.Cl. The normalized spacial score (nSPS) is 9.15. The molecule has 0 unspecified atom stereocenters. The fourth-order valence-electron chi connectivity index (χ4n) is 0.913. The topological polar surface area (TPSA) is 35.2 Å². The fourth-order valence-corrected chi connectivity index (χ4v) is 1.08. The van der Waals surface area contributed by atoms with Crippen LogP contribution in [0, 0.1) is 6.92 Å². The molecule has 0 aromatic heterocycles. The van der Waals surface area contributed by atoms with Gasteiger partial charge in [-0.2, -0.15) is 0 Å². The van der Waals surface area contributed by atoms with Crippen LogP contribution in [-0.2, 0) is 0 Å². The summed E-state index contributed by atoms with van der Waals surface area (Å²) in [4.78, 5) is 0. The number of benzene rings is 1. The summed E-state index contributed by atoms with van der Waals surface area (Å²) in [5.41, 5.74) is 6.27. The lowest BCUT2D eigenvalue weighted by Gasteiger charge is -2.08. The molecule has 1 aromatic rings. The van der Waals surface area contributed by atoms with Crippen LogP contribution in [0.1, 0.15) is 5.56 Å². The molecule has 2 N–H and O–H groups in total. The van der Waals surface area contributed by atoms with Gasteiger partial charge in [-0.1, -0.05) is 17.7 Å². The van der Waals surface area contributed by atoms with Crippen molar-refractivity contribution < 1.29 is 4.74 Å². The molecule has 0 saturated carbocycles. The predicted molar refractivity (Wildman–Crippen MR) is 58.0 cm³/mol. The van der Waals surface area contributed by atoms with Crippen molar-refractivity contribution in [3.63, 3.8) is 0 Å². The van der Waals surface area contributed by atoms with Crippen molar-refractivity contribution in [3.8, 4) is 5.75 Å². The summed E-state index contributed by atoms with van der Waals surface area (Å²) < 4.78 is 5.36. The van der Waals surface area contributed by atoms with Gasteiger partial charge < -0.3 is 10.5 Å². The van der Waals surface area contributed by atoms with Crippen LogP contribution < -0.4 is 10.5 Å². The standard InChI is InChI=1S/C9H12ClNO.ClH/c1-7-8(10)3-2-4-9(7)12-6-5-11;/h2-4H,5-6,11H2,1H3;1H. The maximum absolute atomic E-state index is 5.88. The Balaban J connectivity index is 0.00000144. The Hall–Kier alpha value is -0.440. The molecule has 4 heteroatoms. The van der Waals surface area contributed by atoms with E-state index >= 15 is 0 Å². The summed E-state index contributed by atoms with van der Waals surface area (Å²) in [6.07, 6.45) is 0. The maximum Gasteiger partial charge on any atom is 0.123 e. The summed E-state index contributed by atoms with van der Waals surface area (Å²) in [5, 5.41) is 0.726. The highest BCUT2D eigenvalue weighted by Crippen LogP contribution is 2.24. The van der Waals surface area contributed by atoms with Crippen LogP contribution in [0.5, 0.6) is 5.75 Å². The minimum atomic E-state index is 0. The molecular formula is C9H13Cl2NO. The van der Waals surface area contributed by atoms with E-state index in [0.29, 0.717) is 13.2 Å². The zero-order chi connectivity index (χ0) is 8.97. The lowest BCUT2D eigenvalue weighted by atomic mass is 10.2. The van der Waals surface area contributed by atoms with Gasteiger partial charge in [0.15, 0.2) is 0 Å². The second-order valence-corrected chi connectivity index (χ2v) is 2.91. The average molecular weight is 222 g/mol. The van der Waals surface area contributed by atoms with Gasteiger partial charge in [0.25, 0.3) is 0 Å². The number of hydrogen-bond donors (Lipinski definition) is 1. The molecule has 0 fully saturated rings. The van der Waals surface area contributed by atoms with Crippen molar-refractivity contribution in [1.29, 1.82) is 0 Å². The van der Waals surface area contributed by atoms with Crippen molar-refractivity contribution in [1.82, 2.24) is 0 Å². The fraction of sp³-hybridized carbons (Fsp3) is 0.333. The van der Waals surface area contributed by atoms with Gasteiger partial charge in [0.05, 0.1) is 0 Å². The number of halogens is 2. The molecule has 1 rings (SSSR count). The number of rotatable bonds is 3. The van der Waals surface area contributed by atoms with E-state index in [4.69, 9.17) is 22.1 Å². The summed E-state index contributed by atoms with van der Waals surface area (Å²) in [6.45, 7) is 2.97. The van der Waals surface area contributed by atoms with Crippen molar-refractivity contribution in [2.24, 2.45) is 5.73 Å². The lowest BCUT2D eigenvalue weighted by molar-refractivity contribution is 0.326. The Kier molecular flexibility index (Phi) is 5.88. The van der Waals surface area contributed by atoms with E-state index in [1.807, 2.05) is 25.1 Å². The van der Waals surface area contributed by atoms with Crippen LogP contribution in [0.4, 0.5) is 0 Å². The maximum atomic E-state index is 5.88. The molecule has 0 bridgehead atoms.